The zero-order valence-corrected chi connectivity index (χ0v) is 19.6. The van der Waals surface area contributed by atoms with Crippen molar-refractivity contribution in [2.45, 2.75) is 31.9 Å². The molecule has 5 heterocycles. The Labute approximate surface area is 197 Å². The first-order valence-corrected chi connectivity index (χ1v) is 11.0. The molecule has 34 heavy (non-hydrogen) atoms. The highest BCUT2D eigenvalue weighted by molar-refractivity contribution is 5.70. The quantitative estimate of drug-likeness (QED) is 0.437. The van der Waals surface area contributed by atoms with Crippen LogP contribution in [0.15, 0.2) is 49.3 Å². The van der Waals surface area contributed by atoms with Crippen molar-refractivity contribution < 1.29 is 9.53 Å². The number of rotatable bonds is 4. The molecule has 10 nitrogen and oxygen atoms in total. The summed E-state index contributed by atoms with van der Waals surface area (Å²) in [7, 11) is 1.87. The van der Waals surface area contributed by atoms with Gasteiger partial charge in [-0.1, -0.05) is 0 Å². The summed E-state index contributed by atoms with van der Waals surface area (Å²) in [4.78, 5) is 27.1. The Morgan fingerprint density at radius 2 is 2.03 bits per heavy atom. The van der Waals surface area contributed by atoms with E-state index in [9.17, 15) is 4.79 Å². The van der Waals surface area contributed by atoms with E-state index < -0.39 is 11.1 Å². The fraction of sp³-hybridized carbons (Fsp3) is 0.375. The van der Waals surface area contributed by atoms with Crippen molar-refractivity contribution in [3.63, 3.8) is 0 Å². The van der Waals surface area contributed by atoms with E-state index in [1.807, 2.05) is 73.7 Å². The maximum atomic E-state index is 12.5. The predicted octanol–water partition coefficient (Wildman–Crippen LogP) is 3.46. The first kappa shape index (κ1) is 21.7. The molecule has 0 radical (unpaired) electrons. The van der Waals surface area contributed by atoms with Crippen molar-refractivity contribution in [1.82, 2.24) is 33.6 Å². The van der Waals surface area contributed by atoms with Crippen LogP contribution in [-0.2, 0) is 17.3 Å². The number of amides is 1. The van der Waals surface area contributed by atoms with E-state index in [1.54, 1.807) is 22.0 Å². The van der Waals surface area contributed by atoms with Gasteiger partial charge >= 0.3 is 6.09 Å². The van der Waals surface area contributed by atoms with Gasteiger partial charge in [-0.25, -0.2) is 21.3 Å². The Kier molecular flexibility index (Phi) is 4.93. The molecule has 1 saturated heterocycles. The zero-order chi connectivity index (χ0) is 24.1. The van der Waals surface area contributed by atoms with Crippen LogP contribution in [0.1, 0.15) is 20.8 Å². The van der Waals surface area contributed by atoms with Crippen molar-refractivity contribution in [3.8, 4) is 22.6 Å². The number of hydrogen-bond donors (Lipinski definition) is 0. The molecule has 0 unspecified atom stereocenters. The smallest absolute Gasteiger partial charge is 0.410 e. The molecule has 0 N–H and O–H groups in total. The van der Waals surface area contributed by atoms with E-state index in [1.165, 1.54) is 0 Å². The van der Waals surface area contributed by atoms with Gasteiger partial charge in [-0.2, -0.15) is 5.10 Å². The first-order chi connectivity index (χ1) is 16.2. The fourth-order valence-electron chi connectivity index (χ4n) is 4.26. The maximum Gasteiger partial charge on any atom is 0.410 e. The van der Waals surface area contributed by atoms with E-state index in [4.69, 9.17) is 16.3 Å². The molecule has 1 fully saturated rings. The molecule has 0 spiro atoms. The topological polar surface area (TPSA) is 86.8 Å². The highest BCUT2D eigenvalue weighted by atomic mass is 16.6. The minimum Gasteiger partial charge on any atom is -0.444 e. The summed E-state index contributed by atoms with van der Waals surface area (Å²) in [5.41, 5.74) is 2.32. The number of aromatic nitrogens is 6. The lowest BCUT2D eigenvalue weighted by Gasteiger charge is -2.47. The standard InChI is InChI=1S/C24H26N8O2/c1-23(2,3)34-22(33)30-15-24(16-30,14-25-4)31-8-6-17(13-31)21-28-19(18-11-27-29(5)12-18)10-20-26-7-9-32(20)21/h6-13H,14-16H2,1-3,5H3. The molecule has 0 saturated carbocycles. The zero-order valence-electron chi connectivity index (χ0n) is 19.6. The lowest BCUT2D eigenvalue weighted by atomic mass is 9.90. The molecule has 1 aliphatic rings. The number of hydrogen-bond acceptors (Lipinski definition) is 5. The van der Waals surface area contributed by atoms with Gasteiger partial charge in [0, 0.05) is 55.2 Å². The third-order valence-corrected chi connectivity index (χ3v) is 5.88. The Morgan fingerprint density at radius 3 is 2.71 bits per heavy atom. The molecule has 0 bridgehead atoms. The van der Waals surface area contributed by atoms with Gasteiger partial charge in [0.2, 0.25) is 6.54 Å². The molecule has 174 valence electrons. The van der Waals surface area contributed by atoms with Gasteiger partial charge in [-0.15, -0.1) is 0 Å². The third-order valence-electron chi connectivity index (χ3n) is 5.88. The van der Waals surface area contributed by atoms with Crippen LogP contribution in [0.2, 0.25) is 0 Å². The highest BCUT2D eigenvalue weighted by Crippen LogP contribution is 2.34. The highest BCUT2D eigenvalue weighted by Gasteiger charge is 2.50. The SMILES string of the molecule is [C-]#[N+]CC1(n2ccc(-c3nc(-c4cnn(C)c4)cc4nccn34)c2)CN(C(=O)OC(C)(C)C)C1. The van der Waals surface area contributed by atoms with Crippen molar-refractivity contribution in [3.05, 3.63) is 60.7 Å². The number of nitrogens with zero attached hydrogens (tertiary/aromatic N) is 8. The normalized spacial score (nSPS) is 15.2. The second-order valence-electron chi connectivity index (χ2n) is 9.71. The molecule has 4 aromatic heterocycles. The number of ether oxygens (including phenoxy) is 1. The Morgan fingerprint density at radius 1 is 1.24 bits per heavy atom. The van der Waals surface area contributed by atoms with Gasteiger partial charge in [0.1, 0.15) is 17.1 Å². The van der Waals surface area contributed by atoms with Crippen LogP contribution in [0.5, 0.6) is 0 Å². The summed E-state index contributed by atoms with van der Waals surface area (Å²) >= 11 is 0. The summed E-state index contributed by atoms with van der Waals surface area (Å²) in [6, 6.07) is 3.92. The van der Waals surface area contributed by atoms with Crippen LogP contribution >= 0.6 is 0 Å². The molecule has 5 rings (SSSR count). The Bertz CT molecular complexity index is 1410. The van der Waals surface area contributed by atoms with Crippen molar-refractivity contribution in [2.75, 3.05) is 19.6 Å². The van der Waals surface area contributed by atoms with Crippen molar-refractivity contribution in [2.24, 2.45) is 7.05 Å². The minimum absolute atomic E-state index is 0.268. The molecule has 10 heteroatoms. The molecule has 0 aromatic carbocycles. The molecule has 1 amide bonds. The van der Waals surface area contributed by atoms with Gasteiger partial charge in [-0.05, 0) is 26.8 Å². The average Bonchev–Trinajstić information content (AvgIpc) is 3.48. The average molecular weight is 459 g/mol. The maximum absolute atomic E-state index is 12.5. The second-order valence-corrected chi connectivity index (χ2v) is 9.71. The summed E-state index contributed by atoms with van der Waals surface area (Å²) in [6.45, 7) is 14.1. The lowest BCUT2D eigenvalue weighted by Crippen LogP contribution is -2.65. The van der Waals surface area contributed by atoms with Crippen LogP contribution in [0.3, 0.4) is 0 Å². The second kappa shape index (κ2) is 7.73. The van der Waals surface area contributed by atoms with Crippen LogP contribution in [-0.4, -0.2) is 64.9 Å². The lowest BCUT2D eigenvalue weighted by molar-refractivity contribution is -0.0237. The number of aryl methyl sites for hydroxylation is 1. The van der Waals surface area contributed by atoms with E-state index in [0.717, 1.165) is 28.3 Å². The van der Waals surface area contributed by atoms with Crippen LogP contribution in [0, 0.1) is 6.57 Å². The number of fused-ring (bicyclic) bond motifs is 1. The first-order valence-electron chi connectivity index (χ1n) is 11.0. The summed E-state index contributed by atoms with van der Waals surface area (Å²) < 4.78 is 11.2. The minimum atomic E-state index is -0.559. The number of likely N-dealkylation sites (tertiary alicyclic amines) is 1. The molecule has 1 aliphatic heterocycles. The van der Waals surface area contributed by atoms with E-state index in [0.29, 0.717) is 13.1 Å². The molecular formula is C24H26N8O2. The largest absolute Gasteiger partial charge is 0.444 e. The Balaban J connectivity index is 1.47. The third kappa shape index (κ3) is 3.79. The number of imidazole rings is 1. The van der Waals surface area contributed by atoms with Crippen LogP contribution in [0.25, 0.3) is 33.1 Å². The van der Waals surface area contributed by atoms with Gasteiger partial charge < -0.3 is 19.0 Å². The van der Waals surface area contributed by atoms with Crippen molar-refractivity contribution >= 4 is 11.7 Å². The van der Waals surface area contributed by atoms with Gasteiger partial charge in [0.15, 0.2) is 5.54 Å². The molecule has 0 atom stereocenters. The number of carbonyl (C=O) groups excluding carboxylic acids is 1. The van der Waals surface area contributed by atoms with E-state index >= 15 is 0 Å². The van der Waals surface area contributed by atoms with Crippen LogP contribution < -0.4 is 0 Å². The van der Waals surface area contributed by atoms with Crippen LogP contribution in [0.4, 0.5) is 4.79 Å². The van der Waals surface area contributed by atoms with Gasteiger partial charge in [0.05, 0.1) is 25.0 Å². The molecule has 0 aliphatic carbocycles. The van der Waals surface area contributed by atoms with Gasteiger partial charge in [0.25, 0.3) is 0 Å². The van der Waals surface area contributed by atoms with Gasteiger partial charge in [-0.3, -0.25) is 9.08 Å². The molecule has 4 aromatic rings. The van der Waals surface area contributed by atoms with Crippen molar-refractivity contribution in [1.29, 1.82) is 0 Å². The molecular weight excluding hydrogens is 432 g/mol. The fourth-order valence-corrected chi connectivity index (χ4v) is 4.26. The Hall–Kier alpha value is -4.13. The predicted molar refractivity (Wildman–Crippen MR) is 126 cm³/mol. The summed E-state index contributed by atoms with van der Waals surface area (Å²) in [5, 5.41) is 4.26. The van der Waals surface area contributed by atoms with E-state index in [2.05, 4.69) is 14.9 Å². The summed E-state index contributed by atoms with van der Waals surface area (Å²) in [5.74, 6) is 0.744. The number of carbonyl (C=O) groups is 1. The monoisotopic (exact) mass is 458 g/mol. The summed E-state index contributed by atoms with van der Waals surface area (Å²) in [6.07, 6.45) is 10.9. The van der Waals surface area contributed by atoms with E-state index in [-0.39, 0.29) is 12.6 Å².